The van der Waals surface area contributed by atoms with E-state index in [2.05, 4.69) is 25.4 Å². The minimum atomic E-state index is -0.268. The van der Waals surface area contributed by atoms with Crippen LogP contribution in [0.2, 0.25) is 0 Å². The Labute approximate surface area is 122 Å². The molecule has 112 valence electrons. The van der Waals surface area contributed by atoms with E-state index in [9.17, 15) is 4.79 Å². The second kappa shape index (κ2) is 6.09. The lowest BCUT2D eigenvalue weighted by molar-refractivity contribution is 0.0923. The lowest BCUT2D eigenvalue weighted by Gasteiger charge is -2.25. The van der Waals surface area contributed by atoms with Gasteiger partial charge in [0, 0.05) is 6.54 Å². The van der Waals surface area contributed by atoms with E-state index in [1.165, 1.54) is 12.8 Å². The molecule has 2 N–H and O–H groups in total. The van der Waals surface area contributed by atoms with Gasteiger partial charge in [-0.2, -0.15) is 0 Å². The smallest absolute Gasteiger partial charge is 0.291 e. The Hall–Kier alpha value is -2.15. The summed E-state index contributed by atoms with van der Waals surface area (Å²) in [5.41, 5.74) is 0. The van der Waals surface area contributed by atoms with Gasteiger partial charge in [0.25, 0.3) is 5.91 Å². The molecule has 1 fully saturated rings. The van der Waals surface area contributed by atoms with Crippen LogP contribution in [0.25, 0.3) is 0 Å². The number of amides is 1. The van der Waals surface area contributed by atoms with Crippen molar-refractivity contribution < 1.29 is 9.21 Å². The highest BCUT2D eigenvalue weighted by Crippen LogP contribution is 2.24. The molecule has 3 rings (SSSR count). The first-order chi connectivity index (χ1) is 10.2. The van der Waals surface area contributed by atoms with Gasteiger partial charge >= 0.3 is 0 Å². The van der Waals surface area contributed by atoms with Crippen molar-refractivity contribution in [1.29, 1.82) is 0 Å². The highest BCUT2D eigenvalue weighted by Gasteiger charge is 2.26. The summed E-state index contributed by atoms with van der Waals surface area (Å²) >= 11 is 0. The quantitative estimate of drug-likeness (QED) is 0.865. The van der Waals surface area contributed by atoms with Gasteiger partial charge in [-0.15, -0.1) is 5.10 Å². The van der Waals surface area contributed by atoms with Gasteiger partial charge in [-0.25, -0.2) is 4.98 Å². The number of hydrogen-bond donors (Lipinski definition) is 2. The van der Waals surface area contributed by atoms with Crippen molar-refractivity contribution in [2.75, 3.05) is 19.6 Å². The third-order valence-electron chi connectivity index (χ3n) is 3.71. The Bertz CT molecular complexity index is 586. The molecule has 0 bridgehead atoms. The second-order valence-electron chi connectivity index (χ2n) is 5.23. The van der Waals surface area contributed by atoms with Crippen LogP contribution in [0.3, 0.4) is 0 Å². The van der Waals surface area contributed by atoms with E-state index in [0.29, 0.717) is 12.4 Å². The Morgan fingerprint density at radius 3 is 2.95 bits per heavy atom. The number of carbonyl (C=O) groups excluding carboxylic acids is 1. The Balaban J connectivity index is 1.66. The van der Waals surface area contributed by atoms with E-state index in [1.807, 2.05) is 12.1 Å². The van der Waals surface area contributed by atoms with Gasteiger partial charge in [0.2, 0.25) is 5.82 Å². The van der Waals surface area contributed by atoms with Crippen LogP contribution < -0.4 is 5.32 Å². The highest BCUT2D eigenvalue weighted by atomic mass is 16.3. The SMILES string of the molecule is Cc1nc(C(=O)NCC(c2ccco2)N2CCCC2)n[nH]1. The summed E-state index contributed by atoms with van der Waals surface area (Å²) in [6, 6.07) is 3.89. The summed E-state index contributed by atoms with van der Waals surface area (Å²) in [6.07, 6.45) is 4.04. The number of furan rings is 1. The van der Waals surface area contributed by atoms with Gasteiger partial charge in [-0.1, -0.05) is 0 Å². The standard InChI is InChI=1S/C14H19N5O2/c1-10-16-13(18-17-10)14(20)15-9-11(12-5-4-8-21-12)19-6-2-3-7-19/h4-5,8,11H,2-3,6-7,9H2,1H3,(H,15,20)(H,16,17,18). The van der Waals surface area contributed by atoms with Crippen LogP contribution in [0.4, 0.5) is 0 Å². The molecule has 7 nitrogen and oxygen atoms in total. The van der Waals surface area contributed by atoms with Gasteiger partial charge < -0.3 is 9.73 Å². The van der Waals surface area contributed by atoms with Crippen molar-refractivity contribution in [1.82, 2.24) is 25.4 Å². The molecule has 0 spiro atoms. The van der Waals surface area contributed by atoms with E-state index in [1.54, 1.807) is 13.2 Å². The van der Waals surface area contributed by atoms with Gasteiger partial charge in [-0.3, -0.25) is 14.8 Å². The van der Waals surface area contributed by atoms with E-state index < -0.39 is 0 Å². The maximum atomic E-state index is 12.0. The summed E-state index contributed by atoms with van der Waals surface area (Å²) in [4.78, 5) is 18.4. The predicted molar refractivity (Wildman–Crippen MR) is 75.7 cm³/mol. The molecule has 0 saturated carbocycles. The van der Waals surface area contributed by atoms with E-state index >= 15 is 0 Å². The first-order valence-corrected chi connectivity index (χ1v) is 7.18. The van der Waals surface area contributed by atoms with Crippen LogP contribution in [0.15, 0.2) is 22.8 Å². The Morgan fingerprint density at radius 2 is 2.33 bits per heavy atom. The first kappa shape index (κ1) is 13.8. The largest absolute Gasteiger partial charge is 0.468 e. The number of nitrogens with one attached hydrogen (secondary N) is 2. The number of aromatic nitrogens is 3. The second-order valence-corrected chi connectivity index (χ2v) is 5.23. The maximum Gasteiger partial charge on any atom is 0.291 e. The van der Waals surface area contributed by atoms with Gasteiger partial charge in [0.1, 0.15) is 11.6 Å². The van der Waals surface area contributed by atoms with Gasteiger partial charge in [0.05, 0.1) is 12.3 Å². The fraction of sp³-hybridized carbons (Fsp3) is 0.500. The molecule has 2 aromatic rings. The predicted octanol–water partition coefficient (Wildman–Crippen LogP) is 1.27. The van der Waals surface area contributed by atoms with Crippen molar-refractivity contribution >= 4 is 5.91 Å². The van der Waals surface area contributed by atoms with Crippen molar-refractivity contribution in [3.8, 4) is 0 Å². The zero-order valence-corrected chi connectivity index (χ0v) is 12.0. The van der Waals surface area contributed by atoms with E-state index in [4.69, 9.17) is 4.42 Å². The summed E-state index contributed by atoms with van der Waals surface area (Å²) in [6.45, 7) is 4.31. The molecule has 1 saturated heterocycles. The molecular formula is C14H19N5O2. The topological polar surface area (TPSA) is 87.1 Å². The lowest BCUT2D eigenvalue weighted by atomic mass is 10.2. The number of aromatic amines is 1. The summed E-state index contributed by atoms with van der Waals surface area (Å²) in [5.74, 6) is 1.41. The number of carbonyl (C=O) groups is 1. The minimum Gasteiger partial charge on any atom is -0.468 e. The number of likely N-dealkylation sites (tertiary alicyclic amines) is 1. The third-order valence-corrected chi connectivity index (χ3v) is 3.71. The summed E-state index contributed by atoms with van der Waals surface area (Å²) in [5, 5.41) is 9.43. The molecule has 1 amide bonds. The molecular weight excluding hydrogens is 270 g/mol. The van der Waals surface area contributed by atoms with Crippen molar-refractivity contribution in [2.24, 2.45) is 0 Å². The zero-order chi connectivity index (χ0) is 14.7. The van der Waals surface area contributed by atoms with Crippen LogP contribution >= 0.6 is 0 Å². The molecule has 0 radical (unpaired) electrons. The fourth-order valence-corrected chi connectivity index (χ4v) is 2.66. The summed E-state index contributed by atoms with van der Waals surface area (Å²) in [7, 11) is 0. The summed E-state index contributed by atoms with van der Waals surface area (Å²) < 4.78 is 5.52. The number of aryl methyl sites for hydroxylation is 1. The maximum absolute atomic E-state index is 12.0. The van der Waals surface area contributed by atoms with Crippen LogP contribution in [0.1, 0.15) is 41.1 Å². The number of H-pyrrole nitrogens is 1. The molecule has 1 aliphatic rings. The lowest BCUT2D eigenvalue weighted by Crippen LogP contribution is -2.37. The molecule has 1 aliphatic heterocycles. The van der Waals surface area contributed by atoms with Gasteiger partial charge in [-0.05, 0) is 45.0 Å². The average Bonchev–Trinajstić information content (AvgIpc) is 3.21. The van der Waals surface area contributed by atoms with Crippen molar-refractivity contribution in [2.45, 2.75) is 25.8 Å². The normalized spacial score (nSPS) is 17.0. The van der Waals surface area contributed by atoms with Crippen LogP contribution in [0.5, 0.6) is 0 Å². The van der Waals surface area contributed by atoms with E-state index in [-0.39, 0.29) is 17.8 Å². The fourth-order valence-electron chi connectivity index (χ4n) is 2.66. The van der Waals surface area contributed by atoms with Crippen molar-refractivity contribution in [3.05, 3.63) is 35.8 Å². The van der Waals surface area contributed by atoms with E-state index in [0.717, 1.165) is 18.8 Å². The molecule has 3 heterocycles. The molecule has 21 heavy (non-hydrogen) atoms. The van der Waals surface area contributed by atoms with Gasteiger partial charge in [0.15, 0.2) is 0 Å². The Morgan fingerprint density at radius 1 is 1.52 bits per heavy atom. The molecule has 7 heteroatoms. The number of nitrogens with zero attached hydrogens (tertiary/aromatic N) is 3. The third kappa shape index (κ3) is 3.13. The zero-order valence-electron chi connectivity index (χ0n) is 12.0. The number of rotatable bonds is 5. The molecule has 1 atom stereocenters. The monoisotopic (exact) mass is 289 g/mol. The minimum absolute atomic E-state index is 0.0616. The average molecular weight is 289 g/mol. The van der Waals surface area contributed by atoms with Crippen LogP contribution in [0, 0.1) is 6.92 Å². The van der Waals surface area contributed by atoms with Crippen LogP contribution in [-0.4, -0.2) is 45.6 Å². The molecule has 0 aromatic carbocycles. The van der Waals surface area contributed by atoms with Crippen molar-refractivity contribution in [3.63, 3.8) is 0 Å². The first-order valence-electron chi connectivity index (χ1n) is 7.18. The molecule has 0 aliphatic carbocycles. The molecule has 1 unspecified atom stereocenters. The highest BCUT2D eigenvalue weighted by molar-refractivity contribution is 5.90. The van der Waals surface area contributed by atoms with Crippen LogP contribution in [-0.2, 0) is 0 Å². The number of hydrogen-bond acceptors (Lipinski definition) is 5. The Kier molecular flexibility index (Phi) is 4.01. The molecule has 2 aromatic heterocycles.